The summed E-state index contributed by atoms with van der Waals surface area (Å²) >= 11 is 0. The van der Waals surface area contributed by atoms with E-state index < -0.39 is 0 Å². The number of carbonyl (C=O) groups is 1. The summed E-state index contributed by atoms with van der Waals surface area (Å²) in [6.07, 6.45) is 6.99. The van der Waals surface area contributed by atoms with Gasteiger partial charge in [0.25, 0.3) is 0 Å². The highest BCUT2D eigenvalue weighted by molar-refractivity contribution is 5.88. The van der Waals surface area contributed by atoms with Crippen LogP contribution in [0.3, 0.4) is 0 Å². The molecule has 0 aliphatic carbocycles. The van der Waals surface area contributed by atoms with Gasteiger partial charge in [0.2, 0.25) is 11.8 Å². The predicted octanol–water partition coefficient (Wildman–Crippen LogP) is 0.962. The van der Waals surface area contributed by atoms with Gasteiger partial charge in [0.1, 0.15) is 6.17 Å². The highest BCUT2D eigenvalue weighted by atomic mass is 16.5. The molecule has 0 aromatic carbocycles. The first-order valence-electron chi connectivity index (χ1n) is 4.35. The van der Waals surface area contributed by atoms with Gasteiger partial charge in [-0.05, 0) is 12.2 Å². The van der Waals surface area contributed by atoms with E-state index in [4.69, 9.17) is 4.74 Å². The molecule has 1 unspecified atom stereocenters. The van der Waals surface area contributed by atoms with E-state index in [1.54, 1.807) is 25.1 Å². The normalized spacial score (nSPS) is 19.9. The van der Waals surface area contributed by atoms with E-state index in [1.807, 2.05) is 18.2 Å². The second-order valence-corrected chi connectivity index (χ2v) is 2.96. The Morgan fingerprint density at radius 1 is 1.57 bits per heavy atom. The van der Waals surface area contributed by atoms with E-state index in [9.17, 15) is 4.79 Å². The van der Waals surface area contributed by atoms with Gasteiger partial charge in [-0.3, -0.25) is 4.79 Å². The topological polar surface area (TPSA) is 41.9 Å². The number of allylic oxidation sites excluding steroid dienone is 2. The van der Waals surface area contributed by atoms with Crippen molar-refractivity contribution in [3.05, 3.63) is 24.3 Å². The summed E-state index contributed by atoms with van der Waals surface area (Å²) in [5.41, 5.74) is 0. The van der Waals surface area contributed by atoms with E-state index in [1.165, 1.54) is 6.92 Å². The number of rotatable bonds is 1. The Bertz CT molecular complexity index is 305. The summed E-state index contributed by atoms with van der Waals surface area (Å²) in [4.78, 5) is 16.9. The van der Waals surface area contributed by atoms with Crippen LogP contribution in [0.5, 0.6) is 0 Å². The molecule has 76 valence electrons. The average Bonchev–Trinajstić information content (AvgIpc) is 2.41. The summed E-state index contributed by atoms with van der Waals surface area (Å²) in [5, 5.41) is 0. The molecule has 4 nitrogen and oxygen atoms in total. The number of amides is 1. The zero-order valence-corrected chi connectivity index (χ0v) is 8.60. The standard InChI is InChI=1S/C10H14N2O2/c1-8(13)12(2)9-6-4-5-7-10(11-9)14-3/h4-7,9H,1-3H3. The molecule has 1 heterocycles. The fraction of sp³-hybridized carbons (Fsp3) is 0.400. The minimum Gasteiger partial charge on any atom is -0.481 e. The Labute approximate surface area is 83.6 Å². The van der Waals surface area contributed by atoms with Crippen LogP contribution in [0.15, 0.2) is 29.3 Å². The maximum atomic E-state index is 11.1. The van der Waals surface area contributed by atoms with E-state index >= 15 is 0 Å². The van der Waals surface area contributed by atoms with E-state index in [0.29, 0.717) is 5.90 Å². The molecular formula is C10H14N2O2. The molecular weight excluding hydrogens is 180 g/mol. The zero-order chi connectivity index (χ0) is 10.6. The SMILES string of the molecule is COC1=NC(N(C)C(C)=O)C=CC=C1. The van der Waals surface area contributed by atoms with Crippen LogP contribution in [-0.4, -0.2) is 37.0 Å². The van der Waals surface area contributed by atoms with Gasteiger partial charge < -0.3 is 9.64 Å². The van der Waals surface area contributed by atoms with Crippen molar-refractivity contribution in [1.82, 2.24) is 4.90 Å². The van der Waals surface area contributed by atoms with Crippen molar-refractivity contribution in [2.24, 2.45) is 4.99 Å². The number of hydrogen-bond donors (Lipinski definition) is 0. The molecule has 1 amide bonds. The number of carbonyl (C=O) groups excluding carboxylic acids is 1. The largest absolute Gasteiger partial charge is 0.481 e. The quantitative estimate of drug-likeness (QED) is 0.624. The fourth-order valence-electron chi connectivity index (χ4n) is 1.04. The number of ether oxygens (including phenoxy) is 1. The molecule has 0 saturated carbocycles. The van der Waals surface area contributed by atoms with Gasteiger partial charge in [0.05, 0.1) is 7.11 Å². The molecule has 4 heteroatoms. The van der Waals surface area contributed by atoms with Crippen LogP contribution in [0.1, 0.15) is 6.92 Å². The summed E-state index contributed by atoms with van der Waals surface area (Å²) < 4.78 is 5.02. The van der Waals surface area contributed by atoms with Gasteiger partial charge in [-0.25, -0.2) is 4.99 Å². The molecule has 0 saturated heterocycles. The van der Waals surface area contributed by atoms with E-state index in [0.717, 1.165) is 0 Å². The van der Waals surface area contributed by atoms with Crippen LogP contribution < -0.4 is 0 Å². The fourth-order valence-corrected chi connectivity index (χ4v) is 1.04. The molecule has 0 fully saturated rings. The Morgan fingerprint density at radius 2 is 2.29 bits per heavy atom. The number of aliphatic imine (C=N–C) groups is 1. The number of methoxy groups -OCH3 is 1. The third-order valence-corrected chi connectivity index (χ3v) is 2.00. The molecule has 14 heavy (non-hydrogen) atoms. The monoisotopic (exact) mass is 194 g/mol. The van der Waals surface area contributed by atoms with Crippen LogP contribution >= 0.6 is 0 Å². The first kappa shape index (κ1) is 10.5. The van der Waals surface area contributed by atoms with Crippen molar-refractivity contribution in [3.8, 4) is 0 Å². The highest BCUT2D eigenvalue weighted by Crippen LogP contribution is 2.06. The lowest BCUT2D eigenvalue weighted by atomic mass is 10.4. The highest BCUT2D eigenvalue weighted by Gasteiger charge is 2.14. The average molecular weight is 194 g/mol. The molecule has 1 rings (SSSR count). The van der Waals surface area contributed by atoms with Crippen molar-refractivity contribution in [3.63, 3.8) is 0 Å². The summed E-state index contributed by atoms with van der Waals surface area (Å²) in [6.45, 7) is 1.51. The van der Waals surface area contributed by atoms with Crippen LogP contribution in [0.2, 0.25) is 0 Å². The van der Waals surface area contributed by atoms with Gasteiger partial charge in [-0.15, -0.1) is 0 Å². The predicted molar refractivity (Wildman–Crippen MR) is 55.0 cm³/mol. The molecule has 0 N–H and O–H groups in total. The van der Waals surface area contributed by atoms with Crippen molar-refractivity contribution in [2.45, 2.75) is 13.1 Å². The van der Waals surface area contributed by atoms with Crippen LogP contribution in [0.4, 0.5) is 0 Å². The smallest absolute Gasteiger partial charge is 0.221 e. The second kappa shape index (κ2) is 4.60. The van der Waals surface area contributed by atoms with Crippen molar-refractivity contribution >= 4 is 11.8 Å². The number of likely N-dealkylation sites (N-methyl/N-ethyl adjacent to an activating group) is 1. The summed E-state index contributed by atoms with van der Waals surface area (Å²) in [5.74, 6) is 0.494. The second-order valence-electron chi connectivity index (χ2n) is 2.96. The van der Waals surface area contributed by atoms with Crippen molar-refractivity contribution in [2.75, 3.05) is 14.2 Å². The van der Waals surface area contributed by atoms with Crippen molar-refractivity contribution < 1.29 is 9.53 Å². The Morgan fingerprint density at radius 3 is 2.86 bits per heavy atom. The Hall–Kier alpha value is -1.58. The third kappa shape index (κ3) is 2.45. The molecule has 1 aliphatic heterocycles. The van der Waals surface area contributed by atoms with Gasteiger partial charge in [0.15, 0.2) is 0 Å². The van der Waals surface area contributed by atoms with Crippen molar-refractivity contribution in [1.29, 1.82) is 0 Å². The van der Waals surface area contributed by atoms with Crippen LogP contribution in [0, 0.1) is 0 Å². The van der Waals surface area contributed by atoms with Gasteiger partial charge in [-0.1, -0.05) is 12.2 Å². The minimum absolute atomic E-state index is 0.0271. The molecule has 0 bridgehead atoms. The minimum atomic E-state index is -0.280. The van der Waals surface area contributed by atoms with Crippen LogP contribution in [-0.2, 0) is 9.53 Å². The van der Waals surface area contributed by atoms with E-state index in [2.05, 4.69) is 4.99 Å². The molecule has 1 aliphatic rings. The maximum Gasteiger partial charge on any atom is 0.221 e. The first-order valence-corrected chi connectivity index (χ1v) is 4.35. The molecule has 0 spiro atoms. The summed E-state index contributed by atoms with van der Waals surface area (Å²) in [7, 11) is 3.26. The number of nitrogens with zero attached hydrogens (tertiary/aromatic N) is 2. The molecule has 0 radical (unpaired) electrons. The lowest BCUT2D eigenvalue weighted by Crippen LogP contribution is -2.33. The van der Waals surface area contributed by atoms with Gasteiger partial charge in [-0.2, -0.15) is 0 Å². The number of hydrogen-bond acceptors (Lipinski definition) is 3. The summed E-state index contributed by atoms with van der Waals surface area (Å²) in [6, 6.07) is 0. The van der Waals surface area contributed by atoms with Gasteiger partial charge in [0, 0.05) is 14.0 Å². The maximum absolute atomic E-state index is 11.1. The molecule has 0 aromatic rings. The zero-order valence-electron chi connectivity index (χ0n) is 8.60. The first-order chi connectivity index (χ1) is 6.65. The van der Waals surface area contributed by atoms with E-state index in [-0.39, 0.29) is 12.1 Å². The van der Waals surface area contributed by atoms with Crippen LogP contribution in [0.25, 0.3) is 0 Å². The van der Waals surface area contributed by atoms with Gasteiger partial charge >= 0.3 is 0 Å². The molecule has 0 aromatic heterocycles. The Balaban J connectivity index is 2.84. The third-order valence-electron chi connectivity index (χ3n) is 2.00. The molecule has 1 atom stereocenters. The lowest BCUT2D eigenvalue weighted by Gasteiger charge is -2.20. The Kier molecular flexibility index (Phi) is 3.45. The lowest BCUT2D eigenvalue weighted by molar-refractivity contribution is -0.128.